The Hall–Kier alpha value is -2.35. The van der Waals surface area contributed by atoms with Crippen LogP contribution in [0.3, 0.4) is 0 Å². The van der Waals surface area contributed by atoms with E-state index in [9.17, 15) is 9.59 Å². The smallest absolute Gasteiger partial charge is 0.321 e. The Balaban J connectivity index is 1.81. The van der Waals surface area contributed by atoms with E-state index in [0.29, 0.717) is 17.5 Å². The molecule has 0 radical (unpaired) electrons. The Morgan fingerprint density at radius 3 is 2.77 bits per heavy atom. The number of rotatable bonds is 6. The van der Waals surface area contributed by atoms with Gasteiger partial charge in [0, 0.05) is 12.1 Å². The molecule has 8 heteroatoms. The second-order valence-corrected chi connectivity index (χ2v) is 5.37. The summed E-state index contributed by atoms with van der Waals surface area (Å²) in [6.45, 7) is 2.47. The highest BCUT2D eigenvalue weighted by Crippen LogP contribution is 2.18. The van der Waals surface area contributed by atoms with Crippen molar-refractivity contribution < 1.29 is 9.59 Å². The number of carbonyl (C=O) groups is 2. The topological polar surface area (TPSA) is 99.8 Å². The van der Waals surface area contributed by atoms with Crippen molar-refractivity contribution in [2.24, 2.45) is 0 Å². The number of amides is 3. The summed E-state index contributed by atoms with van der Waals surface area (Å²) in [5, 5.41) is 12.1. The number of thioether (sulfide) groups is 1. The van der Waals surface area contributed by atoms with E-state index in [0.717, 1.165) is 23.7 Å². The van der Waals surface area contributed by atoms with Crippen molar-refractivity contribution in [3.05, 3.63) is 30.3 Å². The SMILES string of the molecule is CCCNC(=O)NC(=O)CSc1n[nH]c(-c2ccccc2)n1. The number of hydrogen-bond donors (Lipinski definition) is 3. The van der Waals surface area contributed by atoms with Gasteiger partial charge in [-0.3, -0.25) is 15.2 Å². The Labute approximate surface area is 132 Å². The first-order valence-corrected chi connectivity index (χ1v) is 7.86. The van der Waals surface area contributed by atoms with E-state index in [2.05, 4.69) is 25.8 Å². The average Bonchev–Trinajstić information content (AvgIpc) is 3.01. The first-order valence-electron chi connectivity index (χ1n) is 6.87. The molecule has 3 N–H and O–H groups in total. The molecule has 0 fully saturated rings. The van der Waals surface area contributed by atoms with Crippen molar-refractivity contribution in [1.29, 1.82) is 0 Å². The van der Waals surface area contributed by atoms with Crippen molar-refractivity contribution in [2.75, 3.05) is 12.3 Å². The van der Waals surface area contributed by atoms with Crippen LogP contribution in [0.15, 0.2) is 35.5 Å². The molecule has 1 aromatic carbocycles. The molecule has 0 aliphatic heterocycles. The zero-order valence-corrected chi connectivity index (χ0v) is 12.9. The first-order chi connectivity index (χ1) is 10.7. The van der Waals surface area contributed by atoms with E-state index in [4.69, 9.17) is 0 Å². The lowest BCUT2D eigenvalue weighted by Gasteiger charge is -2.04. The number of nitrogens with one attached hydrogen (secondary N) is 3. The Morgan fingerprint density at radius 1 is 1.27 bits per heavy atom. The number of carbonyl (C=O) groups excluding carboxylic acids is 2. The van der Waals surface area contributed by atoms with Crippen molar-refractivity contribution in [1.82, 2.24) is 25.8 Å². The molecule has 1 aromatic heterocycles. The number of benzene rings is 1. The maximum Gasteiger partial charge on any atom is 0.321 e. The summed E-state index contributed by atoms with van der Waals surface area (Å²) < 4.78 is 0. The normalized spacial score (nSPS) is 10.2. The summed E-state index contributed by atoms with van der Waals surface area (Å²) in [7, 11) is 0. The molecule has 0 atom stereocenters. The molecule has 3 amide bonds. The molecule has 0 unspecified atom stereocenters. The highest BCUT2D eigenvalue weighted by Gasteiger charge is 2.10. The van der Waals surface area contributed by atoms with E-state index in [1.165, 1.54) is 0 Å². The fraction of sp³-hybridized carbons (Fsp3) is 0.286. The van der Waals surface area contributed by atoms with Gasteiger partial charge in [-0.05, 0) is 6.42 Å². The van der Waals surface area contributed by atoms with Gasteiger partial charge in [-0.15, -0.1) is 5.10 Å². The van der Waals surface area contributed by atoms with Gasteiger partial charge in [-0.25, -0.2) is 9.78 Å². The summed E-state index contributed by atoms with van der Waals surface area (Å²) >= 11 is 1.16. The molecular formula is C14H17N5O2S. The standard InChI is InChI=1S/C14H17N5O2S/c1-2-8-15-13(21)16-11(20)9-22-14-17-12(18-19-14)10-6-4-3-5-7-10/h3-7H,2,8-9H2,1H3,(H,17,18,19)(H2,15,16,20,21). The predicted octanol–water partition coefficient (Wildman–Crippen LogP) is 1.80. The average molecular weight is 319 g/mol. The fourth-order valence-corrected chi connectivity index (χ4v) is 2.21. The molecule has 0 aliphatic carbocycles. The van der Waals surface area contributed by atoms with Crippen molar-refractivity contribution >= 4 is 23.7 Å². The Kier molecular flexibility index (Phi) is 5.96. The summed E-state index contributed by atoms with van der Waals surface area (Å²) in [4.78, 5) is 27.2. The maximum atomic E-state index is 11.6. The minimum Gasteiger partial charge on any atom is -0.338 e. The molecule has 1 heterocycles. The molecule has 22 heavy (non-hydrogen) atoms. The zero-order valence-electron chi connectivity index (χ0n) is 12.1. The minimum absolute atomic E-state index is 0.0750. The van der Waals surface area contributed by atoms with Crippen LogP contribution in [0.2, 0.25) is 0 Å². The summed E-state index contributed by atoms with van der Waals surface area (Å²) in [6, 6.07) is 9.09. The molecule has 0 aliphatic rings. The minimum atomic E-state index is -0.479. The number of imide groups is 1. The van der Waals surface area contributed by atoms with Crippen molar-refractivity contribution in [2.45, 2.75) is 18.5 Å². The van der Waals surface area contributed by atoms with Gasteiger partial charge in [-0.2, -0.15) is 0 Å². The lowest BCUT2D eigenvalue weighted by atomic mass is 10.2. The van der Waals surface area contributed by atoms with Crippen molar-refractivity contribution in [3.63, 3.8) is 0 Å². The summed E-state index contributed by atoms with van der Waals surface area (Å²) in [5.74, 6) is 0.333. The van der Waals surface area contributed by atoms with Gasteiger partial charge in [0.05, 0.1) is 5.75 Å². The first kappa shape index (κ1) is 16.0. The fourth-order valence-electron chi connectivity index (χ4n) is 1.61. The number of hydrogen-bond acceptors (Lipinski definition) is 5. The van der Waals surface area contributed by atoms with Crippen LogP contribution in [0, 0.1) is 0 Å². The molecular weight excluding hydrogens is 302 g/mol. The van der Waals surface area contributed by atoms with E-state index < -0.39 is 6.03 Å². The van der Waals surface area contributed by atoms with Gasteiger partial charge in [0.1, 0.15) is 0 Å². The van der Waals surface area contributed by atoms with Crippen LogP contribution in [-0.4, -0.2) is 39.4 Å². The Morgan fingerprint density at radius 2 is 2.05 bits per heavy atom. The largest absolute Gasteiger partial charge is 0.338 e. The number of aromatic nitrogens is 3. The molecule has 2 rings (SSSR count). The number of urea groups is 1. The third kappa shape index (κ3) is 4.88. The highest BCUT2D eigenvalue weighted by atomic mass is 32.2. The van der Waals surface area contributed by atoms with Crippen LogP contribution in [0.1, 0.15) is 13.3 Å². The lowest BCUT2D eigenvalue weighted by molar-refractivity contribution is -0.117. The molecule has 0 bridgehead atoms. The van der Waals surface area contributed by atoms with Gasteiger partial charge < -0.3 is 5.32 Å². The molecule has 2 aromatic rings. The van der Waals surface area contributed by atoms with Crippen LogP contribution >= 0.6 is 11.8 Å². The van der Waals surface area contributed by atoms with Gasteiger partial charge in [0.15, 0.2) is 5.82 Å². The number of nitrogens with zero attached hydrogens (tertiary/aromatic N) is 2. The number of aromatic amines is 1. The van der Waals surface area contributed by atoms with E-state index in [1.807, 2.05) is 37.3 Å². The lowest BCUT2D eigenvalue weighted by Crippen LogP contribution is -2.40. The molecule has 0 saturated heterocycles. The quantitative estimate of drug-likeness (QED) is 0.705. The van der Waals surface area contributed by atoms with Gasteiger partial charge >= 0.3 is 6.03 Å². The summed E-state index contributed by atoms with van der Waals surface area (Å²) in [5.41, 5.74) is 0.922. The second-order valence-electron chi connectivity index (χ2n) is 4.43. The number of H-pyrrole nitrogens is 1. The second kappa shape index (κ2) is 8.18. The van der Waals surface area contributed by atoms with E-state index >= 15 is 0 Å². The van der Waals surface area contributed by atoms with Crippen LogP contribution in [0.5, 0.6) is 0 Å². The van der Waals surface area contributed by atoms with Gasteiger partial charge in [0.25, 0.3) is 0 Å². The third-order valence-electron chi connectivity index (χ3n) is 2.63. The zero-order chi connectivity index (χ0) is 15.8. The van der Waals surface area contributed by atoms with Crippen LogP contribution < -0.4 is 10.6 Å². The van der Waals surface area contributed by atoms with Crippen LogP contribution in [0.25, 0.3) is 11.4 Å². The maximum absolute atomic E-state index is 11.6. The van der Waals surface area contributed by atoms with Gasteiger partial charge in [-0.1, -0.05) is 49.0 Å². The van der Waals surface area contributed by atoms with Gasteiger partial charge in [0.2, 0.25) is 11.1 Å². The van der Waals surface area contributed by atoms with Crippen LogP contribution in [-0.2, 0) is 4.79 Å². The monoisotopic (exact) mass is 319 g/mol. The molecule has 0 spiro atoms. The molecule has 116 valence electrons. The van der Waals surface area contributed by atoms with E-state index in [1.54, 1.807) is 0 Å². The molecule has 7 nitrogen and oxygen atoms in total. The predicted molar refractivity (Wildman–Crippen MR) is 84.4 cm³/mol. The highest BCUT2D eigenvalue weighted by molar-refractivity contribution is 7.99. The Bertz CT molecular complexity index is 629. The third-order valence-corrected chi connectivity index (χ3v) is 3.48. The van der Waals surface area contributed by atoms with E-state index in [-0.39, 0.29) is 11.7 Å². The summed E-state index contributed by atoms with van der Waals surface area (Å²) in [6.07, 6.45) is 0.815. The van der Waals surface area contributed by atoms with Crippen molar-refractivity contribution in [3.8, 4) is 11.4 Å². The van der Waals surface area contributed by atoms with Crippen LogP contribution in [0.4, 0.5) is 4.79 Å². The molecule has 0 saturated carbocycles.